The monoisotopic (exact) mass is 571 g/mol. The average Bonchev–Trinajstić information content (AvgIpc) is 3.25. The molecule has 3 rings (SSSR count). The molecule has 1 unspecified atom stereocenters. The molecule has 0 amide bonds. The van der Waals surface area contributed by atoms with E-state index in [-0.39, 0.29) is 41.3 Å². The number of halogens is 2. The Morgan fingerprint density at radius 3 is 2.67 bits per heavy atom. The molecule has 1 aliphatic rings. The van der Waals surface area contributed by atoms with Crippen molar-refractivity contribution in [2.24, 2.45) is 4.99 Å². The number of benzene rings is 1. The molecule has 0 aliphatic carbocycles. The van der Waals surface area contributed by atoms with Crippen molar-refractivity contribution in [3.05, 3.63) is 47.9 Å². The molecule has 1 fully saturated rings. The molecule has 182 valence electrons. The molecule has 2 N–H and O–H groups in total. The molecule has 0 spiro atoms. The fraction of sp³-hybridized carbons (Fsp3) is 0.500. The van der Waals surface area contributed by atoms with Gasteiger partial charge in [-0.1, -0.05) is 19.9 Å². The molecule has 1 aromatic heterocycles. The van der Waals surface area contributed by atoms with Crippen LogP contribution < -0.4 is 25.0 Å². The molecule has 9 heteroatoms. The van der Waals surface area contributed by atoms with E-state index in [0.29, 0.717) is 30.4 Å². The number of pyridine rings is 1. The van der Waals surface area contributed by atoms with Gasteiger partial charge in [-0.2, -0.15) is 0 Å². The number of methoxy groups -OCH3 is 2. The van der Waals surface area contributed by atoms with Gasteiger partial charge in [-0.15, -0.1) is 24.0 Å². The van der Waals surface area contributed by atoms with Gasteiger partial charge in [0.05, 0.1) is 20.8 Å². The van der Waals surface area contributed by atoms with Gasteiger partial charge in [-0.25, -0.2) is 9.37 Å². The number of hydrogen-bond donors (Lipinski definition) is 2. The van der Waals surface area contributed by atoms with Crippen molar-refractivity contribution in [1.82, 2.24) is 15.6 Å². The van der Waals surface area contributed by atoms with E-state index in [1.807, 2.05) is 30.0 Å². The Balaban J connectivity index is 0.00000385. The summed E-state index contributed by atoms with van der Waals surface area (Å²) in [6.07, 6.45) is 2.51. The van der Waals surface area contributed by atoms with Crippen molar-refractivity contribution in [1.29, 1.82) is 0 Å². The first-order valence-corrected chi connectivity index (χ1v) is 11.0. The van der Waals surface area contributed by atoms with Crippen LogP contribution in [0.2, 0.25) is 0 Å². The van der Waals surface area contributed by atoms with E-state index in [4.69, 9.17) is 14.5 Å². The van der Waals surface area contributed by atoms with Crippen molar-refractivity contribution in [2.75, 3.05) is 45.3 Å². The molecule has 0 bridgehead atoms. The first-order chi connectivity index (χ1) is 15.4. The van der Waals surface area contributed by atoms with Crippen LogP contribution in [0.5, 0.6) is 11.5 Å². The van der Waals surface area contributed by atoms with Crippen LogP contribution in [0.4, 0.5) is 10.2 Å². The van der Waals surface area contributed by atoms with Crippen molar-refractivity contribution in [2.45, 2.75) is 38.6 Å². The minimum atomic E-state index is -0.287. The maximum atomic E-state index is 14.1. The van der Waals surface area contributed by atoms with E-state index in [2.05, 4.69) is 29.5 Å². The zero-order valence-corrected chi connectivity index (χ0v) is 22.4. The zero-order valence-electron chi connectivity index (χ0n) is 20.0. The molecule has 1 saturated heterocycles. The van der Waals surface area contributed by atoms with Gasteiger partial charge in [0.15, 0.2) is 29.1 Å². The molecule has 1 atom stereocenters. The standard InChI is InChI=1S/C24H34FN5O2.HI/c1-6-26-23(29-18-11-13-30(15-18)22-19(25)8-7-12-27-22)28-16-24(2,3)17-9-10-20(31-4)21(14-17)32-5;/h7-10,12,14,18H,6,11,13,15-16H2,1-5H3,(H2,26,28,29);1H. The molecule has 0 saturated carbocycles. The third-order valence-electron chi connectivity index (χ3n) is 5.71. The number of nitrogens with zero attached hydrogens (tertiary/aromatic N) is 3. The minimum absolute atomic E-state index is 0. The van der Waals surface area contributed by atoms with Gasteiger partial charge in [-0.3, -0.25) is 4.99 Å². The highest BCUT2D eigenvalue weighted by Gasteiger charge is 2.27. The third kappa shape index (κ3) is 6.84. The summed E-state index contributed by atoms with van der Waals surface area (Å²) in [4.78, 5) is 11.0. The smallest absolute Gasteiger partial charge is 0.191 e. The Morgan fingerprint density at radius 2 is 2.00 bits per heavy atom. The SMILES string of the molecule is CCNC(=NCC(C)(C)c1ccc(OC)c(OC)c1)NC1CCN(c2ncccc2F)C1.I. The highest BCUT2D eigenvalue weighted by Crippen LogP contribution is 2.33. The number of aliphatic imine (C=N–C) groups is 1. The summed E-state index contributed by atoms with van der Waals surface area (Å²) in [7, 11) is 3.27. The van der Waals surface area contributed by atoms with Crippen LogP contribution in [0.1, 0.15) is 32.8 Å². The number of ether oxygens (including phenoxy) is 2. The lowest BCUT2D eigenvalue weighted by atomic mass is 9.84. The van der Waals surface area contributed by atoms with E-state index >= 15 is 0 Å². The predicted molar refractivity (Wildman–Crippen MR) is 142 cm³/mol. The predicted octanol–water partition coefficient (Wildman–Crippen LogP) is 3.97. The lowest BCUT2D eigenvalue weighted by Gasteiger charge is -2.25. The van der Waals surface area contributed by atoms with Gasteiger partial charge in [0.25, 0.3) is 0 Å². The maximum absolute atomic E-state index is 14.1. The fourth-order valence-electron chi connectivity index (χ4n) is 3.82. The third-order valence-corrected chi connectivity index (χ3v) is 5.71. The Labute approximate surface area is 213 Å². The van der Waals surface area contributed by atoms with Crippen LogP contribution >= 0.6 is 24.0 Å². The highest BCUT2D eigenvalue weighted by molar-refractivity contribution is 14.0. The average molecular weight is 571 g/mol. The molecule has 1 aromatic carbocycles. The molecule has 2 aromatic rings. The van der Waals surface area contributed by atoms with Gasteiger partial charge >= 0.3 is 0 Å². The van der Waals surface area contributed by atoms with Gasteiger partial charge in [0.2, 0.25) is 0 Å². The lowest BCUT2D eigenvalue weighted by molar-refractivity contribution is 0.353. The summed E-state index contributed by atoms with van der Waals surface area (Å²) in [5.41, 5.74) is 0.910. The number of anilines is 1. The zero-order chi connectivity index (χ0) is 23.1. The summed E-state index contributed by atoms with van der Waals surface area (Å²) in [6, 6.07) is 9.20. The number of guanidine groups is 1. The first kappa shape index (κ1) is 26.9. The van der Waals surface area contributed by atoms with Crippen LogP contribution in [0.3, 0.4) is 0 Å². The van der Waals surface area contributed by atoms with Gasteiger partial charge < -0.3 is 25.0 Å². The van der Waals surface area contributed by atoms with Crippen LogP contribution in [-0.4, -0.2) is 57.4 Å². The molecule has 0 radical (unpaired) electrons. The number of rotatable bonds is 8. The van der Waals surface area contributed by atoms with Gasteiger partial charge in [0, 0.05) is 37.3 Å². The van der Waals surface area contributed by atoms with Crippen LogP contribution in [0.25, 0.3) is 0 Å². The minimum Gasteiger partial charge on any atom is -0.493 e. The molecular formula is C24H35FIN5O2. The molecule has 1 aliphatic heterocycles. The normalized spacial score (nSPS) is 16.2. The van der Waals surface area contributed by atoms with Crippen molar-refractivity contribution < 1.29 is 13.9 Å². The molecule has 2 heterocycles. The fourth-order valence-corrected chi connectivity index (χ4v) is 3.82. The Hall–Kier alpha value is -2.30. The van der Waals surface area contributed by atoms with E-state index in [0.717, 1.165) is 31.0 Å². The quantitative estimate of drug-likeness (QED) is 0.284. The van der Waals surface area contributed by atoms with E-state index in [9.17, 15) is 4.39 Å². The Kier molecular flexibility index (Phi) is 10.00. The van der Waals surface area contributed by atoms with E-state index < -0.39 is 0 Å². The van der Waals surface area contributed by atoms with Crippen molar-refractivity contribution in [3.8, 4) is 11.5 Å². The second-order valence-electron chi connectivity index (χ2n) is 8.53. The maximum Gasteiger partial charge on any atom is 0.191 e. The van der Waals surface area contributed by atoms with Crippen LogP contribution in [0.15, 0.2) is 41.5 Å². The summed E-state index contributed by atoms with van der Waals surface area (Å²) in [6.45, 7) is 9.13. The van der Waals surface area contributed by atoms with E-state index in [1.54, 1.807) is 26.5 Å². The first-order valence-electron chi connectivity index (χ1n) is 11.0. The topological polar surface area (TPSA) is 71.0 Å². The summed E-state index contributed by atoms with van der Waals surface area (Å²) < 4.78 is 24.9. The molecule has 33 heavy (non-hydrogen) atoms. The van der Waals surface area contributed by atoms with Gasteiger partial charge in [0.1, 0.15) is 0 Å². The largest absolute Gasteiger partial charge is 0.493 e. The van der Waals surface area contributed by atoms with Crippen LogP contribution in [0, 0.1) is 5.82 Å². The number of hydrogen-bond acceptors (Lipinski definition) is 5. The summed E-state index contributed by atoms with van der Waals surface area (Å²) in [5, 5.41) is 6.83. The Bertz CT molecular complexity index is 941. The van der Waals surface area contributed by atoms with Crippen molar-refractivity contribution in [3.63, 3.8) is 0 Å². The second kappa shape index (κ2) is 12.2. The summed E-state index contributed by atoms with van der Waals surface area (Å²) in [5.74, 6) is 2.30. The van der Waals surface area contributed by atoms with Crippen molar-refractivity contribution >= 4 is 35.8 Å². The van der Waals surface area contributed by atoms with E-state index in [1.165, 1.54) is 6.07 Å². The Morgan fingerprint density at radius 1 is 1.24 bits per heavy atom. The van der Waals surface area contributed by atoms with Crippen LogP contribution in [-0.2, 0) is 5.41 Å². The lowest BCUT2D eigenvalue weighted by Crippen LogP contribution is -2.45. The number of nitrogens with one attached hydrogen (secondary N) is 2. The van der Waals surface area contributed by atoms with Gasteiger partial charge in [-0.05, 0) is 43.2 Å². The highest BCUT2D eigenvalue weighted by atomic mass is 127. The molecular weight excluding hydrogens is 536 g/mol. The summed E-state index contributed by atoms with van der Waals surface area (Å²) >= 11 is 0. The number of aromatic nitrogens is 1. The second-order valence-corrected chi connectivity index (χ2v) is 8.53. The molecule has 7 nitrogen and oxygen atoms in total.